The van der Waals surface area contributed by atoms with E-state index in [9.17, 15) is 28.1 Å². The topological polar surface area (TPSA) is 118 Å². The van der Waals surface area contributed by atoms with E-state index in [1.807, 2.05) is 0 Å². The van der Waals surface area contributed by atoms with Crippen molar-refractivity contribution < 1.29 is 22.9 Å². The number of benzene rings is 2. The fraction of sp³-hybridized carbons (Fsp3) is 0.125. The number of hydrogen-bond donors (Lipinski definition) is 0. The lowest BCUT2D eigenvalue weighted by atomic mass is 10.2. The van der Waals surface area contributed by atoms with Crippen molar-refractivity contribution in [1.82, 2.24) is 4.31 Å². The van der Waals surface area contributed by atoms with E-state index in [0.29, 0.717) is 9.99 Å². The van der Waals surface area contributed by atoms with Crippen LogP contribution in [0.5, 0.6) is 0 Å². The molecule has 0 saturated carbocycles. The first-order valence-corrected chi connectivity index (χ1v) is 8.84. The number of fused-ring (bicyclic) bond motifs is 1. The first kappa shape index (κ1) is 17.5. The molecule has 0 spiro atoms. The predicted molar refractivity (Wildman–Crippen MR) is 91.2 cm³/mol. The summed E-state index contributed by atoms with van der Waals surface area (Å²) >= 11 is 0. The number of likely N-dealkylation sites (N-methyl/N-ethyl adjacent to an activating group) is 1. The Bertz CT molecular complexity index is 1020. The van der Waals surface area contributed by atoms with E-state index in [1.165, 1.54) is 49.5 Å². The Kier molecular flexibility index (Phi) is 4.20. The molecular weight excluding hydrogens is 362 g/mol. The minimum absolute atomic E-state index is 0.0262. The lowest BCUT2D eigenvalue weighted by molar-refractivity contribution is -0.384. The Morgan fingerprint density at radius 2 is 1.77 bits per heavy atom. The van der Waals surface area contributed by atoms with Gasteiger partial charge in [0.15, 0.2) is 0 Å². The van der Waals surface area contributed by atoms with E-state index in [1.54, 1.807) is 6.07 Å². The molecule has 0 fully saturated rings. The molecule has 2 aromatic rings. The van der Waals surface area contributed by atoms with Crippen LogP contribution in [0.4, 0.5) is 11.4 Å². The molecule has 0 radical (unpaired) electrons. The van der Waals surface area contributed by atoms with Crippen molar-refractivity contribution in [3.05, 3.63) is 64.2 Å². The molecule has 1 aliphatic rings. The Morgan fingerprint density at radius 3 is 2.35 bits per heavy atom. The van der Waals surface area contributed by atoms with Crippen LogP contribution in [0.1, 0.15) is 10.4 Å². The Labute approximate surface area is 148 Å². The summed E-state index contributed by atoms with van der Waals surface area (Å²) in [5, 5.41) is 10.7. The van der Waals surface area contributed by atoms with Crippen molar-refractivity contribution >= 4 is 33.2 Å². The fourth-order valence-electron chi connectivity index (χ4n) is 2.56. The second kappa shape index (κ2) is 6.23. The third-order valence-corrected chi connectivity index (χ3v) is 5.80. The van der Waals surface area contributed by atoms with Gasteiger partial charge in [0.1, 0.15) is 11.4 Å². The van der Waals surface area contributed by atoms with Crippen LogP contribution in [-0.2, 0) is 14.8 Å². The number of rotatable bonds is 4. The van der Waals surface area contributed by atoms with Gasteiger partial charge in [-0.2, -0.15) is 0 Å². The number of hydrogen-bond acceptors (Lipinski definition) is 6. The molecule has 0 bridgehead atoms. The minimum atomic E-state index is -4.08. The van der Waals surface area contributed by atoms with Gasteiger partial charge >= 0.3 is 0 Å². The molecular formula is C16H13N3O6S. The van der Waals surface area contributed by atoms with E-state index < -0.39 is 33.3 Å². The predicted octanol–water partition coefficient (Wildman–Crippen LogP) is 1.40. The molecule has 1 aliphatic heterocycles. The molecule has 0 atom stereocenters. The standard InChI is InChI=1S/C16H13N3O6S/c1-17(11-6-8-12(9-7-11)19(22)23)15(20)10-18-16(21)13-4-2-3-5-14(13)26(18,24)25/h2-9H,10H2,1H3. The molecule has 2 amide bonds. The zero-order valence-corrected chi connectivity index (χ0v) is 14.3. The zero-order chi connectivity index (χ0) is 19.1. The van der Waals surface area contributed by atoms with Gasteiger partial charge in [0.2, 0.25) is 5.91 Å². The summed E-state index contributed by atoms with van der Waals surface area (Å²) in [4.78, 5) is 35.9. The van der Waals surface area contributed by atoms with Crippen molar-refractivity contribution in [2.24, 2.45) is 0 Å². The normalized spacial score (nSPS) is 14.8. The second-order valence-corrected chi connectivity index (χ2v) is 7.37. The highest BCUT2D eigenvalue weighted by Gasteiger charge is 2.42. The van der Waals surface area contributed by atoms with Gasteiger partial charge in [0.05, 0.1) is 10.5 Å². The molecule has 1 heterocycles. The quantitative estimate of drug-likeness (QED) is 0.589. The molecule has 9 nitrogen and oxygen atoms in total. The molecule has 0 saturated heterocycles. The van der Waals surface area contributed by atoms with Crippen molar-refractivity contribution in [3.8, 4) is 0 Å². The van der Waals surface area contributed by atoms with Crippen molar-refractivity contribution in [3.63, 3.8) is 0 Å². The summed E-state index contributed by atoms with van der Waals surface area (Å²) in [6, 6.07) is 10.9. The Balaban J connectivity index is 1.82. The van der Waals surface area contributed by atoms with Crippen molar-refractivity contribution in [2.45, 2.75) is 4.90 Å². The summed E-state index contributed by atoms with van der Waals surface area (Å²) < 4.78 is 25.5. The van der Waals surface area contributed by atoms with E-state index >= 15 is 0 Å². The van der Waals surface area contributed by atoms with Gasteiger partial charge in [-0.3, -0.25) is 19.7 Å². The number of nitro benzene ring substituents is 1. The fourth-order valence-corrected chi connectivity index (χ4v) is 4.08. The molecule has 0 aliphatic carbocycles. The first-order valence-electron chi connectivity index (χ1n) is 7.40. The molecule has 3 rings (SSSR count). The maximum Gasteiger partial charge on any atom is 0.269 e. The molecule has 10 heteroatoms. The number of carbonyl (C=O) groups is 2. The number of carbonyl (C=O) groups excluding carboxylic acids is 2. The SMILES string of the molecule is CN(C(=O)CN1C(=O)c2ccccc2S1(=O)=O)c1ccc([N+](=O)[O-])cc1. The van der Waals surface area contributed by atoms with E-state index in [4.69, 9.17) is 0 Å². The molecule has 2 aromatic carbocycles. The Hall–Kier alpha value is -3.27. The molecule has 0 N–H and O–H groups in total. The smallest absolute Gasteiger partial charge is 0.269 e. The highest BCUT2D eigenvalue weighted by Crippen LogP contribution is 2.30. The average Bonchev–Trinajstić information content (AvgIpc) is 2.82. The summed E-state index contributed by atoms with van der Waals surface area (Å²) in [6.07, 6.45) is 0. The van der Waals surface area contributed by atoms with Gasteiger partial charge in [-0.25, -0.2) is 12.7 Å². The number of amides is 2. The van der Waals surface area contributed by atoms with Crippen LogP contribution >= 0.6 is 0 Å². The number of sulfonamides is 1. The van der Waals surface area contributed by atoms with Gasteiger partial charge < -0.3 is 4.90 Å². The monoisotopic (exact) mass is 375 g/mol. The first-order chi connectivity index (χ1) is 12.2. The van der Waals surface area contributed by atoms with Gasteiger partial charge in [-0.1, -0.05) is 12.1 Å². The van der Waals surface area contributed by atoms with Crippen molar-refractivity contribution in [1.29, 1.82) is 0 Å². The summed E-state index contributed by atoms with van der Waals surface area (Å²) in [6.45, 7) is -0.663. The summed E-state index contributed by atoms with van der Waals surface area (Å²) in [7, 11) is -2.68. The molecule has 0 unspecified atom stereocenters. The Morgan fingerprint density at radius 1 is 1.15 bits per heavy atom. The lowest BCUT2D eigenvalue weighted by Gasteiger charge is -2.21. The van der Waals surface area contributed by atoms with E-state index in [0.717, 1.165) is 4.90 Å². The number of non-ortho nitro benzene ring substituents is 1. The van der Waals surface area contributed by atoms with Crippen LogP contribution < -0.4 is 4.90 Å². The van der Waals surface area contributed by atoms with Crippen molar-refractivity contribution in [2.75, 3.05) is 18.5 Å². The molecule has 0 aromatic heterocycles. The zero-order valence-electron chi connectivity index (χ0n) is 13.5. The van der Waals surface area contributed by atoms with Crippen LogP contribution in [0.15, 0.2) is 53.4 Å². The average molecular weight is 375 g/mol. The molecule has 134 valence electrons. The van der Waals surface area contributed by atoms with Crippen LogP contribution in [0.25, 0.3) is 0 Å². The maximum absolute atomic E-state index is 12.5. The number of nitrogens with zero attached hydrogens (tertiary/aromatic N) is 3. The largest absolute Gasteiger partial charge is 0.314 e. The maximum atomic E-state index is 12.5. The second-order valence-electron chi connectivity index (χ2n) is 5.54. The highest BCUT2D eigenvalue weighted by atomic mass is 32.2. The minimum Gasteiger partial charge on any atom is -0.314 e. The summed E-state index contributed by atoms with van der Waals surface area (Å²) in [5.41, 5.74) is 0.225. The third-order valence-electron chi connectivity index (χ3n) is 4.01. The van der Waals surface area contributed by atoms with Gasteiger partial charge in [0, 0.05) is 24.9 Å². The highest BCUT2D eigenvalue weighted by molar-refractivity contribution is 7.90. The summed E-state index contributed by atoms with van der Waals surface area (Å²) in [5.74, 6) is -1.41. The van der Waals surface area contributed by atoms with Crippen LogP contribution in [0.3, 0.4) is 0 Å². The van der Waals surface area contributed by atoms with Gasteiger partial charge in [0.25, 0.3) is 21.6 Å². The molecule has 26 heavy (non-hydrogen) atoms. The third kappa shape index (κ3) is 2.80. The van der Waals surface area contributed by atoms with Gasteiger partial charge in [-0.15, -0.1) is 0 Å². The lowest BCUT2D eigenvalue weighted by Crippen LogP contribution is -2.41. The number of anilines is 1. The van der Waals surface area contributed by atoms with E-state index in [2.05, 4.69) is 0 Å². The van der Waals surface area contributed by atoms with Crippen LogP contribution in [0, 0.1) is 10.1 Å². The van der Waals surface area contributed by atoms with Crippen LogP contribution in [-0.4, -0.2) is 43.1 Å². The van der Waals surface area contributed by atoms with E-state index in [-0.39, 0.29) is 16.1 Å². The van der Waals surface area contributed by atoms with Gasteiger partial charge in [-0.05, 0) is 24.3 Å². The number of nitro groups is 1. The van der Waals surface area contributed by atoms with Crippen LogP contribution in [0.2, 0.25) is 0 Å².